The zero-order valence-electron chi connectivity index (χ0n) is 5.98. The minimum Gasteiger partial charge on any atom is -0.295 e. The van der Waals surface area contributed by atoms with Crippen LogP contribution in [0.15, 0.2) is 12.2 Å². The number of rotatable bonds is 0. The molecule has 0 heterocycles. The smallest absolute Gasteiger partial charge is 0.158 e. The average Bonchev–Trinajstić information content (AvgIpc) is 1.98. The third kappa shape index (κ3) is 0.913. The SMILES string of the molecule is C=C1C(=O)C[C@@H](C)[C@@H]1C. The predicted octanol–water partition coefficient (Wildman–Crippen LogP) is 1.79. The summed E-state index contributed by atoms with van der Waals surface area (Å²) in [4.78, 5) is 10.9. The molecule has 0 aliphatic heterocycles. The molecule has 0 saturated heterocycles. The van der Waals surface area contributed by atoms with Crippen LogP contribution in [0.5, 0.6) is 0 Å². The fourth-order valence-electron chi connectivity index (χ4n) is 1.20. The lowest BCUT2D eigenvalue weighted by atomic mass is 9.98. The van der Waals surface area contributed by atoms with E-state index in [1.165, 1.54) is 0 Å². The van der Waals surface area contributed by atoms with E-state index < -0.39 is 0 Å². The minimum absolute atomic E-state index is 0.259. The molecule has 0 radical (unpaired) electrons. The molecule has 0 aromatic heterocycles. The monoisotopic (exact) mass is 124 g/mol. The summed E-state index contributed by atoms with van der Waals surface area (Å²) >= 11 is 0. The van der Waals surface area contributed by atoms with Crippen LogP contribution in [-0.4, -0.2) is 5.78 Å². The number of carbonyl (C=O) groups is 1. The van der Waals surface area contributed by atoms with Gasteiger partial charge in [0.05, 0.1) is 0 Å². The first-order valence-electron chi connectivity index (χ1n) is 3.35. The molecule has 1 aliphatic rings. The molecule has 0 bridgehead atoms. The molecule has 0 N–H and O–H groups in total. The highest BCUT2D eigenvalue weighted by Gasteiger charge is 2.29. The molecular weight excluding hydrogens is 112 g/mol. The van der Waals surface area contributed by atoms with Crippen molar-refractivity contribution < 1.29 is 4.79 Å². The van der Waals surface area contributed by atoms with Crippen LogP contribution in [0.4, 0.5) is 0 Å². The molecule has 0 amide bonds. The number of allylic oxidation sites excluding steroid dienone is 1. The zero-order valence-corrected chi connectivity index (χ0v) is 5.98. The normalized spacial score (nSPS) is 35.8. The summed E-state index contributed by atoms with van der Waals surface area (Å²) in [6.45, 7) is 7.88. The Morgan fingerprint density at radius 1 is 1.56 bits per heavy atom. The van der Waals surface area contributed by atoms with Gasteiger partial charge >= 0.3 is 0 Å². The Morgan fingerprint density at radius 3 is 2.22 bits per heavy atom. The highest BCUT2D eigenvalue weighted by Crippen LogP contribution is 2.31. The number of carbonyl (C=O) groups excluding carboxylic acids is 1. The summed E-state index contributed by atoms with van der Waals surface area (Å²) in [6, 6.07) is 0. The predicted molar refractivity (Wildman–Crippen MR) is 37.1 cm³/mol. The van der Waals surface area contributed by atoms with Crippen LogP contribution in [-0.2, 0) is 4.79 Å². The molecule has 0 aromatic carbocycles. The highest BCUT2D eigenvalue weighted by atomic mass is 16.1. The number of hydrogen-bond donors (Lipinski definition) is 0. The van der Waals surface area contributed by atoms with Crippen LogP contribution < -0.4 is 0 Å². The van der Waals surface area contributed by atoms with Gasteiger partial charge in [-0.25, -0.2) is 0 Å². The first kappa shape index (κ1) is 6.53. The van der Waals surface area contributed by atoms with Gasteiger partial charge in [0.2, 0.25) is 0 Å². The number of Topliss-reactive ketones (excluding diaryl/α,β-unsaturated/α-hetero) is 1. The van der Waals surface area contributed by atoms with E-state index in [-0.39, 0.29) is 5.78 Å². The van der Waals surface area contributed by atoms with Crippen LogP contribution in [0.3, 0.4) is 0 Å². The van der Waals surface area contributed by atoms with Gasteiger partial charge in [0.1, 0.15) is 0 Å². The lowest BCUT2D eigenvalue weighted by Gasteiger charge is -2.05. The first-order chi connectivity index (χ1) is 4.13. The van der Waals surface area contributed by atoms with Crippen LogP contribution >= 0.6 is 0 Å². The van der Waals surface area contributed by atoms with Crippen molar-refractivity contribution in [3.63, 3.8) is 0 Å². The average molecular weight is 124 g/mol. The van der Waals surface area contributed by atoms with Crippen molar-refractivity contribution in [3.05, 3.63) is 12.2 Å². The fourth-order valence-corrected chi connectivity index (χ4v) is 1.20. The van der Waals surface area contributed by atoms with Gasteiger partial charge in [-0.15, -0.1) is 0 Å². The number of hydrogen-bond acceptors (Lipinski definition) is 1. The Kier molecular flexibility index (Phi) is 1.43. The fraction of sp³-hybridized carbons (Fsp3) is 0.625. The topological polar surface area (TPSA) is 17.1 Å². The van der Waals surface area contributed by atoms with Crippen LogP contribution in [0.25, 0.3) is 0 Å². The second-order valence-electron chi connectivity index (χ2n) is 2.92. The standard InChI is InChI=1S/C8H12O/c1-5-4-8(9)7(3)6(5)2/h5-6H,3-4H2,1-2H3/t5-,6+/m1/s1. The summed E-state index contributed by atoms with van der Waals surface area (Å²) < 4.78 is 0. The summed E-state index contributed by atoms with van der Waals surface area (Å²) in [5.74, 6) is 1.19. The minimum atomic E-state index is 0.259. The quantitative estimate of drug-likeness (QED) is 0.450. The molecule has 0 unspecified atom stereocenters. The molecular formula is C8H12O. The van der Waals surface area contributed by atoms with Gasteiger partial charge in [-0.1, -0.05) is 20.4 Å². The molecule has 2 atom stereocenters. The number of ketones is 1. The Bertz CT molecular complexity index is 158. The van der Waals surface area contributed by atoms with E-state index in [9.17, 15) is 4.79 Å². The van der Waals surface area contributed by atoms with Crippen LogP contribution in [0.1, 0.15) is 20.3 Å². The molecule has 1 saturated carbocycles. The maximum absolute atomic E-state index is 10.9. The molecule has 1 aliphatic carbocycles. The van der Waals surface area contributed by atoms with Crippen molar-refractivity contribution in [2.45, 2.75) is 20.3 Å². The summed E-state index contributed by atoms with van der Waals surface area (Å²) in [7, 11) is 0. The van der Waals surface area contributed by atoms with E-state index in [0.717, 1.165) is 5.57 Å². The highest BCUT2D eigenvalue weighted by molar-refractivity contribution is 5.97. The Balaban J connectivity index is 2.77. The molecule has 9 heavy (non-hydrogen) atoms. The largest absolute Gasteiger partial charge is 0.295 e. The maximum Gasteiger partial charge on any atom is 0.158 e. The van der Waals surface area contributed by atoms with Crippen molar-refractivity contribution in [3.8, 4) is 0 Å². The third-order valence-corrected chi connectivity index (χ3v) is 2.27. The van der Waals surface area contributed by atoms with Crippen molar-refractivity contribution in [2.75, 3.05) is 0 Å². The van der Waals surface area contributed by atoms with E-state index in [0.29, 0.717) is 18.3 Å². The second kappa shape index (κ2) is 1.98. The van der Waals surface area contributed by atoms with Gasteiger partial charge in [0.25, 0.3) is 0 Å². The van der Waals surface area contributed by atoms with Gasteiger partial charge in [-0.05, 0) is 17.4 Å². The van der Waals surface area contributed by atoms with E-state index >= 15 is 0 Å². The van der Waals surface area contributed by atoms with Gasteiger partial charge in [-0.3, -0.25) is 4.79 Å². The zero-order chi connectivity index (χ0) is 7.02. The maximum atomic E-state index is 10.9. The second-order valence-corrected chi connectivity index (χ2v) is 2.92. The van der Waals surface area contributed by atoms with Crippen LogP contribution in [0.2, 0.25) is 0 Å². The van der Waals surface area contributed by atoms with Crippen molar-refractivity contribution in [2.24, 2.45) is 11.8 Å². The van der Waals surface area contributed by atoms with E-state index in [2.05, 4.69) is 20.4 Å². The molecule has 1 heteroatoms. The Labute approximate surface area is 55.8 Å². The van der Waals surface area contributed by atoms with Crippen LogP contribution in [0, 0.1) is 11.8 Å². The molecule has 1 nitrogen and oxygen atoms in total. The van der Waals surface area contributed by atoms with Crippen molar-refractivity contribution in [1.29, 1.82) is 0 Å². The van der Waals surface area contributed by atoms with E-state index in [1.54, 1.807) is 0 Å². The van der Waals surface area contributed by atoms with Crippen molar-refractivity contribution in [1.82, 2.24) is 0 Å². The molecule has 50 valence electrons. The molecule has 1 fully saturated rings. The third-order valence-electron chi connectivity index (χ3n) is 2.27. The lowest BCUT2D eigenvalue weighted by Crippen LogP contribution is -1.98. The lowest BCUT2D eigenvalue weighted by molar-refractivity contribution is -0.114. The van der Waals surface area contributed by atoms with Gasteiger partial charge in [0.15, 0.2) is 5.78 Å². The van der Waals surface area contributed by atoms with E-state index in [1.807, 2.05) is 0 Å². The first-order valence-corrected chi connectivity index (χ1v) is 3.35. The van der Waals surface area contributed by atoms with Gasteiger partial charge in [0, 0.05) is 6.42 Å². The summed E-state index contributed by atoms with van der Waals surface area (Å²) in [6.07, 6.45) is 0.708. The molecule has 1 rings (SSSR count). The van der Waals surface area contributed by atoms with Crippen molar-refractivity contribution >= 4 is 5.78 Å². The summed E-state index contributed by atoms with van der Waals surface area (Å²) in [5, 5.41) is 0. The molecule has 0 aromatic rings. The van der Waals surface area contributed by atoms with E-state index in [4.69, 9.17) is 0 Å². The molecule has 0 spiro atoms. The Hall–Kier alpha value is -0.590. The van der Waals surface area contributed by atoms with Gasteiger partial charge in [-0.2, -0.15) is 0 Å². The van der Waals surface area contributed by atoms with Gasteiger partial charge < -0.3 is 0 Å². The Morgan fingerprint density at radius 2 is 2.11 bits per heavy atom. The summed E-state index contributed by atoms with van der Waals surface area (Å²) in [5.41, 5.74) is 0.822.